The molecule has 0 aromatic heterocycles. The monoisotopic (exact) mass is 306 g/mol. The molecule has 0 bridgehead atoms. The summed E-state index contributed by atoms with van der Waals surface area (Å²) in [5.41, 5.74) is 2.49. The summed E-state index contributed by atoms with van der Waals surface area (Å²) in [6, 6.07) is 7.12. The Bertz CT molecular complexity index is 507. The SMILES string of the molecule is C=C(C)C(=O)C(S)c1ccc(C(S)C(=O)C(=C)C)cc1. The van der Waals surface area contributed by atoms with Crippen molar-refractivity contribution in [2.45, 2.75) is 24.3 Å². The van der Waals surface area contributed by atoms with Crippen molar-refractivity contribution in [1.82, 2.24) is 0 Å². The highest BCUT2D eigenvalue weighted by atomic mass is 32.1. The van der Waals surface area contributed by atoms with Crippen molar-refractivity contribution >= 4 is 36.8 Å². The van der Waals surface area contributed by atoms with E-state index in [0.717, 1.165) is 11.1 Å². The Labute approximate surface area is 130 Å². The molecule has 0 saturated heterocycles. The normalized spacial score (nSPS) is 13.4. The third-order valence-electron chi connectivity index (χ3n) is 2.91. The predicted octanol–water partition coefficient (Wildman–Crippen LogP) is 3.92. The zero-order chi connectivity index (χ0) is 15.4. The molecule has 0 heterocycles. The number of allylic oxidation sites excluding steroid dienone is 2. The molecule has 2 unspecified atom stereocenters. The first-order valence-electron chi connectivity index (χ1n) is 6.11. The third-order valence-corrected chi connectivity index (χ3v) is 3.97. The maximum absolute atomic E-state index is 11.8. The molecule has 0 saturated carbocycles. The number of thiol groups is 2. The van der Waals surface area contributed by atoms with E-state index < -0.39 is 10.5 Å². The van der Waals surface area contributed by atoms with Crippen LogP contribution < -0.4 is 0 Å². The second-order valence-corrected chi connectivity index (χ2v) is 5.79. The van der Waals surface area contributed by atoms with Crippen molar-refractivity contribution in [3.05, 3.63) is 59.7 Å². The second kappa shape index (κ2) is 6.95. The van der Waals surface area contributed by atoms with E-state index in [2.05, 4.69) is 38.4 Å². The quantitative estimate of drug-likeness (QED) is 0.617. The first kappa shape index (κ1) is 16.8. The molecule has 106 valence electrons. The van der Waals surface area contributed by atoms with Gasteiger partial charge in [0.15, 0.2) is 11.6 Å². The summed E-state index contributed by atoms with van der Waals surface area (Å²) in [7, 11) is 0. The Morgan fingerprint density at radius 1 is 0.850 bits per heavy atom. The highest BCUT2D eigenvalue weighted by Crippen LogP contribution is 2.28. The van der Waals surface area contributed by atoms with Gasteiger partial charge in [-0.15, -0.1) is 0 Å². The highest BCUT2D eigenvalue weighted by molar-refractivity contribution is 7.81. The second-order valence-electron chi connectivity index (χ2n) is 4.76. The van der Waals surface area contributed by atoms with Crippen LogP contribution in [0.5, 0.6) is 0 Å². The van der Waals surface area contributed by atoms with Gasteiger partial charge in [0, 0.05) is 0 Å². The third kappa shape index (κ3) is 3.87. The zero-order valence-electron chi connectivity index (χ0n) is 11.6. The van der Waals surface area contributed by atoms with E-state index in [-0.39, 0.29) is 11.6 Å². The Morgan fingerprint density at radius 3 is 1.30 bits per heavy atom. The molecule has 0 N–H and O–H groups in total. The minimum Gasteiger partial charge on any atom is -0.293 e. The first-order chi connectivity index (χ1) is 9.25. The van der Waals surface area contributed by atoms with Crippen LogP contribution in [0.2, 0.25) is 0 Å². The molecule has 0 aliphatic rings. The number of rotatable bonds is 6. The fourth-order valence-corrected chi connectivity index (χ4v) is 2.42. The Kier molecular flexibility index (Phi) is 5.84. The maximum atomic E-state index is 11.8. The molecule has 20 heavy (non-hydrogen) atoms. The standard InChI is InChI=1S/C16H18O2S2/c1-9(2)13(17)15(19)11-5-7-12(8-6-11)16(20)14(18)10(3)4/h5-8,15-16,19-20H,1,3H2,2,4H3. The number of Topliss-reactive ketones (excluding diaryl/α,β-unsaturated/α-hetero) is 2. The average Bonchev–Trinajstić information content (AvgIpc) is 2.44. The van der Waals surface area contributed by atoms with Crippen molar-refractivity contribution < 1.29 is 9.59 Å². The topological polar surface area (TPSA) is 34.1 Å². The van der Waals surface area contributed by atoms with E-state index in [4.69, 9.17) is 0 Å². The average molecular weight is 306 g/mol. The van der Waals surface area contributed by atoms with E-state index >= 15 is 0 Å². The maximum Gasteiger partial charge on any atom is 0.175 e. The minimum atomic E-state index is -0.531. The number of carbonyl (C=O) groups excluding carboxylic acids is 2. The molecular formula is C16H18O2S2. The molecule has 0 fully saturated rings. The van der Waals surface area contributed by atoms with Crippen molar-refractivity contribution in [2.75, 3.05) is 0 Å². The lowest BCUT2D eigenvalue weighted by Crippen LogP contribution is -2.09. The molecule has 1 aromatic rings. The molecule has 0 spiro atoms. The van der Waals surface area contributed by atoms with Gasteiger partial charge in [-0.05, 0) is 36.1 Å². The van der Waals surface area contributed by atoms with E-state index in [1.807, 2.05) is 0 Å². The van der Waals surface area contributed by atoms with Crippen LogP contribution in [0.4, 0.5) is 0 Å². The van der Waals surface area contributed by atoms with Gasteiger partial charge in [0.1, 0.15) is 0 Å². The number of hydrogen-bond acceptors (Lipinski definition) is 4. The summed E-state index contributed by atoms with van der Waals surface area (Å²) in [6.07, 6.45) is 0. The van der Waals surface area contributed by atoms with Crippen molar-refractivity contribution in [3.63, 3.8) is 0 Å². The van der Waals surface area contributed by atoms with E-state index in [0.29, 0.717) is 11.1 Å². The summed E-state index contributed by atoms with van der Waals surface area (Å²) in [6.45, 7) is 10.6. The van der Waals surface area contributed by atoms with Crippen LogP contribution in [-0.2, 0) is 9.59 Å². The number of carbonyl (C=O) groups is 2. The molecule has 1 rings (SSSR count). The summed E-state index contributed by atoms with van der Waals surface area (Å²) < 4.78 is 0. The van der Waals surface area contributed by atoms with Gasteiger partial charge in [-0.1, -0.05) is 37.4 Å². The minimum absolute atomic E-state index is 0.110. The summed E-state index contributed by atoms with van der Waals surface area (Å²) >= 11 is 8.61. The van der Waals surface area contributed by atoms with E-state index in [9.17, 15) is 9.59 Å². The van der Waals surface area contributed by atoms with Crippen LogP contribution in [-0.4, -0.2) is 11.6 Å². The zero-order valence-corrected chi connectivity index (χ0v) is 13.4. The molecule has 0 aliphatic heterocycles. The van der Waals surface area contributed by atoms with Crippen LogP contribution in [0.15, 0.2) is 48.6 Å². The van der Waals surface area contributed by atoms with Crippen molar-refractivity contribution in [1.29, 1.82) is 0 Å². The fraction of sp³-hybridized carbons (Fsp3) is 0.250. The summed E-state index contributed by atoms with van der Waals surface area (Å²) in [5, 5.41) is -1.06. The van der Waals surface area contributed by atoms with Crippen LogP contribution in [0, 0.1) is 0 Å². The van der Waals surface area contributed by atoms with Gasteiger partial charge in [0.25, 0.3) is 0 Å². The molecule has 0 amide bonds. The van der Waals surface area contributed by atoms with Gasteiger partial charge in [0.05, 0.1) is 10.5 Å². The molecule has 2 nitrogen and oxygen atoms in total. The molecular weight excluding hydrogens is 288 g/mol. The Hall–Kier alpha value is -1.26. The van der Waals surface area contributed by atoms with Crippen LogP contribution in [0.1, 0.15) is 35.5 Å². The molecule has 4 heteroatoms. The van der Waals surface area contributed by atoms with Crippen LogP contribution in [0.3, 0.4) is 0 Å². The summed E-state index contributed by atoms with van der Waals surface area (Å²) in [4.78, 5) is 23.6. The van der Waals surface area contributed by atoms with Crippen LogP contribution in [0.25, 0.3) is 0 Å². The molecule has 1 aromatic carbocycles. The highest BCUT2D eigenvalue weighted by Gasteiger charge is 2.19. The van der Waals surface area contributed by atoms with Crippen molar-refractivity contribution in [3.8, 4) is 0 Å². The lowest BCUT2D eigenvalue weighted by molar-refractivity contribution is -0.115. The largest absolute Gasteiger partial charge is 0.293 e. The van der Waals surface area contributed by atoms with Gasteiger partial charge in [-0.2, -0.15) is 25.3 Å². The number of hydrogen-bond donors (Lipinski definition) is 2. The molecule has 0 aliphatic carbocycles. The summed E-state index contributed by atoms with van der Waals surface area (Å²) in [5.74, 6) is -0.219. The van der Waals surface area contributed by atoms with E-state index in [1.54, 1.807) is 38.1 Å². The van der Waals surface area contributed by atoms with Crippen molar-refractivity contribution in [2.24, 2.45) is 0 Å². The lowest BCUT2D eigenvalue weighted by atomic mass is 9.99. The van der Waals surface area contributed by atoms with Gasteiger partial charge in [-0.25, -0.2) is 0 Å². The number of ketones is 2. The van der Waals surface area contributed by atoms with E-state index in [1.165, 1.54) is 0 Å². The van der Waals surface area contributed by atoms with Gasteiger partial charge in [-0.3, -0.25) is 9.59 Å². The van der Waals surface area contributed by atoms with Gasteiger partial charge < -0.3 is 0 Å². The molecule has 0 radical (unpaired) electrons. The van der Waals surface area contributed by atoms with Gasteiger partial charge >= 0.3 is 0 Å². The number of benzene rings is 1. The fourth-order valence-electron chi connectivity index (χ4n) is 1.63. The predicted molar refractivity (Wildman–Crippen MR) is 89.5 cm³/mol. The first-order valence-corrected chi connectivity index (χ1v) is 7.14. The van der Waals surface area contributed by atoms with Crippen LogP contribution >= 0.6 is 25.3 Å². The molecule has 2 atom stereocenters. The smallest absolute Gasteiger partial charge is 0.175 e. The van der Waals surface area contributed by atoms with Gasteiger partial charge in [0.2, 0.25) is 0 Å². The Morgan fingerprint density at radius 2 is 1.10 bits per heavy atom. The Balaban J connectivity index is 2.94. The lowest BCUT2D eigenvalue weighted by Gasteiger charge is -2.13.